The lowest BCUT2D eigenvalue weighted by Crippen LogP contribution is -2.59. The van der Waals surface area contributed by atoms with Gasteiger partial charge in [0.15, 0.2) is 0 Å². The summed E-state index contributed by atoms with van der Waals surface area (Å²) in [5, 5.41) is 14.0. The number of nitrogens with zero attached hydrogens (tertiary/aromatic N) is 2. The number of esters is 1. The predicted molar refractivity (Wildman–Crippen MR) is 209 cm³/mol. The van der Waals surface area contributed by atoms with E-state index in [9.17, 15) is 14.7 Å². The highest BCUT2D eigenvalue weighted by Gasteiger charge is 2.75. The van der Waals surface area contributed by atoms with E-state index in [-0.39, 0.29) is 31.9 Å². The molecule has 11 nitrogen and oxygen atoms in total. The zero-order valence-electron chi connectivity index (χ0n) is 31.1. The number of allylic oxidation sites excluding steroid dienone is 1. The first-order chi connectivity index (χ1) is 26.6. The molecular weight excluding hydrogens is 766 g/mol. The number of rotatable bonds is 8. The number of amides is 3. The van der Waals surface area contributed by atoms with E-state index in [1.165, 1.54) is 12.0 Å². The van der Waals surface area contributed by atoms with Crippen molar-refractivity contribution in [3.63, 3.8) is 0 Å². The molecule has 0 radical (unpaired) electrons. The van der Waals surface area contributed by atoms with Gasteiger partial charge in [0.2, 0.25) is 11.8 Å². The van der Waals surface area contributed by atoms with Crippen molar-refractivity contribution in [1.82, 2.24) is 10.2 Å². The number of fused-ring (bicyclic) bond motifs is 2. The Hall–Kier alpha value is -4.62. The number of aryl methyl sites for hydroxylation is 2. The Bertz CT molecular complexity index is 1990. The maximum absolute atomic E-state index is 15.5. The monoisotopic (exact) mass is 811 g/mol. The maximum atomic E-state index is 15.5. The standard InChI is InChI=1S/C43H46BrN3O8/c1-26-18-19-27(2)33(21-26)46-20-12-6-11-17-34(49)45-32(25-53-3)37(29-15-9-5-10-16-29)54-42(52)35-36-40(50)47(30(24-48)22-28-13-7-4-8-14-28)39(41(46)51)43(36)23-31(44)38(35)55-43/h4-10,12-16,18-19,21,23,30,32,35-39,48H,11,17,20,22,24-25H2,1-3H3,(H,45,49)/b12-6-/t30-,32+,35-,36+,37+,38-,39-,43+/m1/s1. The van der Waals surface area contributed by atoms with E-state index >= 15 is 9.59 Å². The average molecular weight is 813 g/mol. The van der Waals surface area contributed by atoms with Crippen LogP contribution >= 0.6 is 15.9 Å². The summed E-state index contributed by atoms with van der Waals surface area (Å²) in [4.78, 5) is 61.9. The van der Waals surface area contributed by atoms with Gasteiger partial charge in [-0.1, -0.05) is 101 Å². The molecule has 4 aliphatic rings. The minimum absolute atomic E-state index is 0.0434. The summed E-state index contributed by atoms with van der Waals surface area (Å²) in [5.74, 6) is -4.18. The first-order valence-corrected chi connectivity index (χ1v) is 19.5. The van der Waals surface area contributed by atoms with Gasteiger partial charge < -0.3 is 34.4 Å². The number of carbonyl (C=O) groups is 4. The Balaban J connectivity index is 1.39. The zero-order valence-corrected chi connectivity index (χ0v) is 32.7. The van der Waals surface area contributed by atoms with Crippen LogP contribution in [0.2, 0.25) is 0 Å². The first kappa shape index (κ1) is 38.6. The Morgan fingerprint density at radius 2 is 1.69 bits per heavy atom. The Morgan fingerprint density at radius 3 is 2.40 bits per heavy atom. The number of hydrogen-bond acceptors (Lipinski definition) is 8. The van der Waals surface area contributed by atoms with Crippen molar-refractivity contribution in [2.45, 2.75) is 69.0 Å². The van der Waals surface area contributed by atoms with Crippen molar-refractivity contribution in [2.75, 3.05) is 31.8 Å². The van der Waals surface area contributed by atoms with Gasteiger partial charge in [-0.05, 0) is 61.1 Å². The molecule has 4 heterocycles. The third-order valence-corrected chi connectivity index (χ3v) is 11.8. The molecule has 2 fully saturated rings. The van der Waals surface area contributed by atoms with Gasteiger partial charge in [0, 0.05) is 30.2 Å². The molecule has 0 aliphatic carbocycles. The SMILES string of the molecule is COC[C@@H]1NC(=O)CC/C=C\CN(c2cc(C)ccc2C)C(=O)[C@H]2N([C@@H](CO)Cc3ccccc3)C(=O)[C@@H]3[C@@H](C(=O)O[C@H]1c1ccccc1)[C@@H]1O[C@@]32C=C1Br. The maximum Gasteiger partial charge on any atom is 0.313 e. The molecule has 0 unspecified atom stereocenters. The molecule has 8 atom stereocenters. The highest BCUT2D eigenvalue weighted by atomic mass is 79.9. The Kier molecular flexibility index (Phi) is 11.4. The van der Waals surface area contributed by atoms with Gasteiger partial charge in [0.1, 0.15) is 29.8 Å². The highest BCUT2D eigenvalue weighted by Crippen LogP contribution is 2.59. The summed E-state index contributed by atoms with van der Waals surface area (Å²) < 4.78 is 19.2. The van der Waals surface area contributed by atoms with Crippen molar-refractivity contribution in [2.24, 2.45) is 11.8 Å². The third kappa shape index (κ3) is 7.28. The number of ether oxygens (including phenoxy) is 3. The molecule has 2 saturated heterocycles. The van der Waals surface area contributed by atoms with Crippen LogP contribution in [-0.4, -0.2) is 90.4 Å². The molecule has 12 heteroatoms. The summed E-state index contributed by atoms with van der Waals surface area (Å²) in [6.45, 7) is 3.61. The smallest absolute Gasteiger partial charge is 0.313 e. The quantitative estimate of drug-likeness (QED) is 0.243. The molecule has 0 saturated carbocycles. The van der Waals surface area contributed by atoms with Gasteiger partial charge in [-0.3, -0.25) is 19.2 Å². The predicted octanol–water partition coefficient (Wildman–Crippen LogP) is 4.88. The van der Waals surface area contributed by atoms with E-state index in [0.717, 1.165) is 16.7 Å². The van der Waals surface area contributed by atoms with Crippen LogP contribution in [0.5, 0.6) is 0 Å². The van der Waals surface area contributed by atoms with Crippen LogP contribution in [-0.2, 0) is 39.8 Å². The van der Waals surface area contributed by atoms with Crippen LogP contribution in [0, 0.1) is 25.7 Å². The van der Waals surface area contributed by atoms with Crippen LogP contribution in [0.15, 0.2) is 102 Å². The largest absolute Gasteiger partial charge is 0.455 e. The van der Waals surface area contributed by atoms with E-state index in [1.807, 2.05) is 92.7 Å². The van der Waals surface area contributed by atoms with Crippen molar-refractivity contribution in [3.8, 4) is 0 Å². The van der Waals surface area contributed by atoms with E-state index in [1.54, 1.807) is 23.1 Å². The van der Waals surface area contributed by atoms with E-state index in [2.05, 4.69) is 21.2 Å². The Morgan fingerprint density at radius 1 is 0.964 bits per heavy atom. The molecule has 3 aromatic rings. The van der Waals surface area contributed by atoms with E-state index < -0.39 is 72.2 Å². The number of anilines is 1. The van der Waals surface area contributed by atoms with Crippen molar-refractivity contribution in [3.05, 3.63) is 124 Å². The van der Waals surface area contributed by atoms with Gasteiger partial charge in [-0.2, -0.15) is 0 Å². The molecular formula is C43H46BrN3O8. The van der Waals surface area contributed by atoms with Crippen LogP contribution in [0.4, 0.5) is 5.69 Å². The average Bonchev–Trinajstić information content (AvgIpc) is 3.78. The number of methoxy groups -OCH3 is 1. The van der Waals surface area contributed by atoms with Gasteiger partial charge in [-0.25, -0.2) is 0 Å². The molecule has 0 aromatic heterocycles. The summed E-state index contributed by atoms with van der Waals surface area (Å²) in [6.07, 6.45) is 4.36. The number of hydrogen-bond donors (Lipinski definition) is 2. The summed E-state index contributed by atoms with van der Waals surface area (Å²) in [7, 11) is 1.51. The normalized spacial score (nSPS) is 29.4. The molecule has 4 aliphatic heterocycles. The van der Waals surface area contributed by atoms with Crippen LogP contribution in [0.25, 0.3) is 0 Å². The second-order valence-electron chi connectivity index (χ2n) is 14.7. The molecule has 2 N–H and O–H groups in total. The minimum atomic E-state index is -1.57. The topological polar surface area (TPSA) is 135 Å². The molecule has 55 heavy (non-hydrogen) atoms. The highest BCUT2D eigenvalue weighted by molar-refractivity contribution is 9.11. The fourth-order valence-corrected chi connectivity index (χ4v) is 9.34. The first-order valence-electron chi connectivity index (χ1n) is 18.7. The number of aliphatic hydroxyl groups excluding tert-OH is 1. The molecule has 3 amide bonds. The number of cyclic esters (lactones) is 1. The van der Waals surface area contributed by atoms with Crippen molar-refractivity contribution < 1.29 is 38.5 Å². The summed E-state index contributed by atoms with van der Waals surface area (Å²) in [5.41, 5.74) is 2.36. The molecule has 1 spiro atoms. The van der Waals surface area contributed by atoms with Gasteiger partial charge >= 0.3 is 5.97 Å². The number of carbonyl (C=O) groups excluding carboxylic acids is 4. The second-order valence-corrected chi connectivity index (χ2v) is 15.7. The van der Waals surface area contributed by atoms with Crippen LogP contribution < -0.4 is 10.2 Å². The molecule has 7 rings (SSSR count). The summed E-state index contributed by atoms with van der Waals surface area (Å²) in [6, 6.07) is 21.6. The van der Waals surface area contributed by atoms with Crippen LogP contribution in [0.1, 0.15) is 41.2 Å². The number of halogens is 1. The molecule has 288 valence electrons. The molecule has 5 bridgehead atoms. The lowest BCUT2D eigenvalue weighted by Gasteiger charge is -2.39. The van der Waals surface area contributed by atoms with Crippen LogP contribution in [0.3, 0.4) is 0 Å². The fraction of sp³-hybridized carbons (Fsp3) is 0.395. The minimum Gasteiger partial charge on any atom is -0.455 e. The summed E-state index contributed by atoms with van der Waals surface area (Å²) >= 11 is 3.65. The number of likely N-dealkylation sites (tertiary alicyclic amines) is 1. The lowest BCUT2D eigenvalue weighted by molar-refractivity contribution is -0.162. The Labute approximate surface area is 329 Å². The fourth-order valence-electron chi connectivity index (χ4n) is 8.61. The van der Waals surface area contributed by atoms with Crippen molar-refractivity contribution >= 4 is 45.3 Å². The van der Waals surface area contributed by atoms with Crippen molar-refractivity contribution in [1.29, 1.82) is 0 Å². The van der Waals surface area contributed by atoms with Gasteiger partial charge in [0.25, 0.3) is 5.91 Å². The number of nitrogens with one attached hydrogen (secondary N) is 1. The van der Waals surface area contributed by atoms with Gasteiger partial charge in [0.05, 0.1) is 31.2 Å². The van der Waals surface area contributed by atoms with Gasteiger partial charge in [-0.15, -0.1) is 0 Å². The van der Waals surface area contributed by atoms with E-state index in [0.29, 0.717) is 22.2 Å². The second kappa shape index (κ2) is 16.2. The number of benzene rings is 3. The van der Waals surface area contributed by atoms with E-state index in [4.69, 9.17) is 14.2 Å². The third-order valence-electron chi connectivity index (χ3n) is 11.1. The zero-order chi connectivity index (χ0) is 38.9. The number of aliphatic hydroxyl groups is 1. The molecule has 3 aromatic carbocycles. The lowest BCUT2D eigenvalue weighted by atomic mass is 9.74.